The van der Waals surface area contributed by atoms with Crippen molar-refractivity contribution in [3.05, 3.63) is 165 Å². The van der Waals surface area contributed by atoms with Crippen LogP contribution in [0.5, 0.6) is 0 Å². The maximum Gasteiger partial charge on any atom is 0.0181 e. The Morgan fingerprint density at radius 1 is 0.320 bits per heavy atom. The van der Waals surface area contributed by atoms with Crippen LogP contribution >= 0.6 is 31.9 Å². The fourth-order valence-electron chi connectivity index (χ4n) is 8.44. The van der Waals surface area contributed by atoms with Gasteiger partial charge in [0, 0.05) is 8.95 Å². The van der Waals surface area contributed by atoms with Crippen LogP contribution in [0.4, 0.5) is 0 Å². The largest absolute Gasteiger partial charge is 0.0610 e. The lowest BCUT2D eigenvalue weighted by molar-refractivity contribution is 1.38. The Bertz CT molecular complexity index is 2670. The first-order chi connectivity index (χ1) is 24.2. The average Bonchev–Trinajstić information content (AvgIpc) is 3.41. The highest BCUT2D eigenvalue weighted by molar-refractivity contribution is 9.10. The quantitative estimate of drug-likeness (QED) is 0.167. The minimum Gasteiger partial charge on any atom is -0.0610 e. The maximum absolute atomic E-state index is 3.73. The lowest BCUT2D eigenvalue weighted by Gasteiger charge is -2.22. The third kappa shape index (κ3) is 5.08. The van der Waals surface area contributed by atoms with Crippen molar-refractivity contribution >= 4 is 53.4 Å². The summed E-state index contributed by atoms with van der Waals surface area (Å²) in [7, 11) is 0. The molecule has 240 valence electrons. The smallest absolute Gasteiger partial charge is 0.0181 e. The number of halogens is 2. The molecule has 50 heavy (non-hydrogen) atoms. The van der Waals surface area contributed by atoms with Crippen molar-refractivity contribution in [3.63, 3.8) is 0 Å². The molecule has 8 aromatic rings. The molecular formula is C48H34Br2. The highest BCUT2D eigenvalue weighted by Crippen LogP contribution is 2.59. The number of hydrogen-bond donors (Lipinski definition) is 0. The first kappa shape index (κ1) is 31.2. The monoisotopic (exact) mass is 768 g/mol. The lowest BCUT2D eigenvalue weighted by Crippen LogP contribution is -1.96. The van der Waals surface area contributed by atoms with Crippen molar-refractivity contribution in [1.29, 1.82) is 0 Å². The fourth-order valence-corrected chi connectivity index (χ4v) is 9.24. The molecule has 0 fully saturated rings. The van der Waals surface area contributed by atoms with Crippen molar-refractivity contribution in [2.24, 2.45) is 0 Å². The summed E-state index contributed by atoms with van der Waals surface area (Å²) >= 11 is 7.46. The van der Waals surface area contributed by atoms with Gasteiger partial charge in [-0.15, -0.1) is 0 Å². The first-order valence-corrected chi connectivity index (χ1v) is 18.7. The van der Waals surface area contributed by atoms with Crippen molar-refractivity contribution in [1.82, 2.24) is 0 Å². The van der Waals surface area contributed by atoms with Gasteiger partial charge in [0.1, 0.15) is 0 Å². The van der Waals surface area contributed by atoms with Gasteiger partial charge in [0.15, 0.2) is 0 Å². The molecule has 0 N–H and O–H groups in total. The molecular weight excluding hydrogens is 736 g/mol. The third-order valence-corrected chi connectivity index (χ3v) is 11.2. The Hall–Kier alpha value is -4.76. The second-order valence-corrected chi connectivity index (χ2v) is 15.8. The highest BCUT2D eigenvalue weighted by Gasteiger charge is 2.31. The molecule has 0 bridgehead atoms. The zero-order valence-electron chi connectivity index (χ0n) is 28.5. The van der Waals surface area contributed by atoms with Gasteiger partial charge in [0.25, 0.3) is 0 Å². The van der Waals surface area contributed by atoms with Gasteiger partial charge in [-0.3, -0.25) is 0 Å². The van der Waals surface area contributed by atoms with E-state index in [2.05, 4.69) is 193 Å². The van der Waals surface area contributed by atoms with E-state index in [4.69, 9.17) is 0 Å². The number of rotatable bonds is 4. The van der Waals surface area contributed by atoms with Crippen LogP contribution < -0.4 is 0 Å². The van der Waals surface area contributed by atoms with Crippen molar-refractivity contribution in [2.75, 3.05) is 0 Å². The number of aryl methyl sites for hydroxylation is 4. The Morgan fingerprint density at radius 2 is 0.820 bits per heavy atom. The van der Waals surface area contributed by atoms with Gasteiger partial charge in [0.2, 0.25) is 0 Å². The SMILES string of the molecule is Cc1cc(C)cc(-c2c3c(c(-c4cc(C)cc(C)c4)c4cc(-c5cccc(Br)c5)ccc24)-c2ccc(-c4cccc(Br)c4)c4cccc-3c24)c1. The van der Waals surface area contributed by atoms with E-state index in [0.29, 0.717) is 0 Å². The summed E-state index contributed by atoms with van der Waals surface area (Å²) in [6.45, 7) is 8.87. The predicted octanol–water partition coefficient (Wildman–Crippen LogP) is 15.1. The summed E-state index contributed by atoms with van der Waals surface area (Å²) in [5.74, 6) is 0. The number of benzene rings is 8. The van der Waals surface area contributed by atoms with Crippen LogP contribution in [-0.2, 0) is 0 Å². The zero-order valence-corrected chi connectivity index (χ0v) is 31.6. The number of hydrogen-bond acceptors (Lipinski definition) is 0. The molecule has 0 nitrogen and oxygen atoms in total. The molecule has 0 aromatic heterocycles. The number of fused-ring (bicyclic) bond motifs is 4. The summed E-state index contributed by atoms with van der Waals surface area (Å²) in [5, 5.41) is 5.17. The van der Waals surface area contributed by atoms with Crippen LogP contribution in [0.3, 0.4) is 0 Å². The molecule has 0 saturated carbocycles. The van der Waals surface area contributed by atoms with Crippen LogP contribution in [0.25, 0.3) is 88.3 Å². The molecule has 0 unspecified atom stereocenters. The molecule has 9 rings (SSSR count). The predicted molar refractivity (Wildman–Crippen MR) is 222 cm³/mol. The Labute approximate surface area is 310 Å². The average molecular weight is 771 g/mol. The molecule has 0 heterocycles. The van der Waals surface area contributed by atoms with Gasteiger partial charge in [0.05, 0.1) is 0 Å². The van der Waals surface area contributed by atoms with E-state index < -0.39 is 0 Å². The molecule has 1 aliphatic carbocycles. The maximum atomic E-state index is 3.73. The molecule has 0 saturated heterocycles. The van der Waals surface area contributed by atoms with Gasteiger partial charge >= 0.3 is 0 Å². The van der Waals surface area contributed by atoms with Crippen LogP contribution in [0.1, 0.15) is 22.3 Å². The Morgan fingerprint density at radius 3 is 1.44 bits per heavy atom. The van der Waals surface area contributed by atoms with E-state index >= 15 is 0 Å². The van der Waals surface area contributed by atoms with Crippen molar-refractivity contribution in [2.45, 2.75) is 27.7 Å². The second kappa shape index (κ2) is 11.9. The van der Waals surface area contributed by atoms with Gasteiger partial charge in [-0.05, 0) is 146 Å². The first-order valence-electron chi connectivity index (χ1n) is 17.1. The van der Waals surface area contributed by atoms with E-state index in [1.807, 2.05) is 0 Å². The van der Waals surface area contributed by atoms with Gasteiger partial charge in [-0.2, -0.15) is 0 Å². The van der Waals surface area contributed by atoms with Crippen LogP contribution in [0.2, 0.25) is 0 Å². The van der Waals surface area contributed by atoms with Crippen molar-refractivity contribution < 1.29 is 0 Å². The summed E-state index contributed by atoms with van der Waals surface area (Å²) in [6, 6.07) is 50.1. The highest BCUT2D eigenvalue weighted by atomic mass is 79.9. The molecule has 2 heteroatoms. The van der Waals surface area contributed by atoms with Crippen molar-refractivity contribution in [3.8, 4) is 66.8 Å². The summed E-state index contributed by atoms with van der Waals surface area (Å²) in [6.07, 6.45) is 0. The molecule has 8 aromatic carbocycles. The lowest BCUT2D eigenvalue weighted by atomic mass is 9.81. The Kier molecular flexibility index (Phi) is 7.46. The van der Waals surface area contributed by atoms with E-state index in [0.717, 1.165) is 8.95 Å². The van der Waals surface area contributed by atoms with Gasteiger partial charge < -0.3 is 0 Å². The topological polar surface area (TPSA) is 0 Å². The normalized spacial score (nSPS) is 11.8. The molecule has 0 atom stereocenters. The van der Waals surface area contributed by atoms with Gasteiger partial charge in [-0.1, -0.05) is 157 Å². The third-order valence-electron chi connectivity index (χ3n) is 10.2. The standard InChI is InChI=1S/C48H34Br2/c1-27-18-28(2)21-34(20-27)44-40-15-14-32(31-8-5-10-36(49)24-31)26-43(40)45(35-22-29(3)19-30(4)23-35)48-42-17-16-38(33-9-6-11-37(50)25-33)39-12-7-13-41(46(39)42)47(44)48/h5-26H,1-4H3. The van der Waals surface area contributed by atoms with E-state index in [9.17, 15) is 0 Å². The minimum absolute atomic E-state index is 1.08. The summed E-state index contributed by atoms with van der Waals surface area (Å²) in [4.78, 5) is 0. The van der Waals surface area contributed by atoms with Crippen LogP contribution in [0, 0.1) is 27.7 Å². The van der Waals surface area contributed by atoms with Gasteiger partial charge in [-0.25, -0.2) is 0 Å². The van der Waals surface area contributed by atoms with E-state index in [-0.39, 0.29) is 0 Å². The molecule has 0 aliphatic heterocycles. The molecule has 0 amide bonds. The Balaban J connectivity index is 1.49. The molecule has 1 aliphatic rings. The second-order valence-electron chi connectivity index (χ2n) is 13.9. The van der Waals surface area contributed by atoms with E-state index in [1.54, 1.807) is 0 Å². The van der Waals surface area contributed by atoms with E-state index in [1.165, 1.54) is 111 Å². The summed E-state index contributed by atoms with van der Waals surface area (Å²) in [5.41, 5.74) is 20.4. The fraction of sp³-hybridized carbons (Fsp3) is 0.0833. The summed E-state index contributed by atoms with van der Waals surface area (Å²) < 4.78 is 2.17. The van der Waals surface area contributed by atoms with Crippen LogP contribution in [-0.4, -0.2) is 0 Å². The zero-order chi connectivity index (χ0) is 34.3. The molecule has 0 spiro atoms. The minimum atomic E-state index is 1.08. The van der Waals surface area contributed by atoms with Crippen LogP contribution in [0.15, 0.2) is 142 Å². The molecule has 0 radical (unpaired) electrons.